The zero-order valence-electron chi connectivity index (χ0n) is 6.22. The van der Waals surface area contributed by atoms with Crippen molar-refractivity contribution in [2.45, 2.75) is 6.54 Å². The molecule has 0 radical (unpaired) electrons. The van der Waals surface area contributed by atoms with Crippen LogP contribution in [0.2, 0.25) is 0 Å². The highest BCUT2D eigenvalue weighted by atomic mass is 16.1. The monoisotopic (exact) mass is 154 g/mol. The van der Waals surface area contributed by atoms with Crippen molar-refractivity contribution in [2.75, 3.05) is 12.8 Å². The van der Waals surface area contributed by atoms with Crippen LogP contribution in [-0.2, 0) is 6.54 Å². The van der Waals surface area contributed by atoms with Gasteiger partial charge in [0, 0.05) is 18.3 Å². The summed E-state index contributed by atoms with van der Waals surface area (Å²) < 4.78 is 0. The molecular weight excluding hydrogens is 144 g/mol. The lowest BCUT2D eigenvalue weighted by molar-refractivity contribution is 0.806. The topological polar surface area (TPSA) is 83.8 Å². The molecule has 11 heavy (non-hydrogen) atoms. The van der Waals surface area contributed by atoms with Crippen molar-refractivity contribution >= 4 is 5.82 Å². The Morgan fingerprint density at radius 2 is 2.55 bits per heavy atom. The van der Waals surface area contributed by atoms with E-state index in [-0.39, 0.29) is 0 Å². The van der Waals surface area contributed by atoms with Crippen LogP contribution >= 0.6 is 0 Å². The summed E-state index contributed by atoms with van der Waals surface area (Å²) in [5.41, 5.74) is 5.86. The fourth-order valence-corrected chi connectivity index (χ4v) is 0.765. The lowest BCUT2D eigenvalue weighted by Crippen LogP contribution is -2.16. The summed E-state index contributed by atoms with van der Waals surface area (Å²) >= 11 is 0. The molecule has 0 bridgehead atoms. The minimum absolute atomic E-state index is 0.374. The Kier molecular flexibility index (Phi) is 2.22. The van der Waals surface area contributed by atoms with Crippen molar-refractivity contribution < 1.29 is 0 Å². The first-order chi connectivity index (χ1) is 5.24. The number of hydrogen-bond acceptors (Lipinski definition) is 4. The van der Waals surface area contributed by atoms with Gasteiger partial charge in [0.15, 0.2) is 0 Å². The van der Waals surface area contributed by atoms with Gasteiger partial charge in [-0.3, -0.25) is 4.98 Å². The first-order valence-electron chi connectivity index (χ1n) is 3.22. The van der Waals surface area contributed by atoms with Crippen LogP contribution in [0.1, 0.15) is 5.56 Å². The third-order valence-electron chi connectivity index (χ3n) is 1.29. The fourth-order valence-electron chi connectivity index (χ4n) is 0.765. The zero-order chi connectivity index (χ0) is 8.27. The maximum absolute atomic E-state index is 10.6. The molecule has 5 nitrogen and oxygen atoms in total. The number of nitrogen functional groups attached to an aromatic ring is 1. The van der Waals surface area contributed by atoms with Gasteiger partial charge in [-0.1, -0.05) is 0 Å². The maximum atomic E-state index is 10.6. The van der Waals surface area contributed by atoms with Gasteiger partial charge >= 0.3 is 5.69 Å². The quantitative estimate of drug-likeness (QED) is 0.514. The number of anilines is 1. The van der Waals surface area contributed by atoms with E-state index in [0.717, 1.165) is 5.56 Å². The van der Waals surface area contributed by atoms with Crippen molar-refractivity contribution in [3.05, 3.63) is 22.2 Å². The van der Waals surface area contributed by atoms with Crippen molar-refractivity contribution in [1.29, 1.82) is 0 Å². The van der Waals surface area contributed by atoms with E-state index < -0.39 is 5.69 Å². The van der Waals surface area contributed by atoms with Crippen LogP contribution in [0, 0.1) is 0 Å². The second kappa shape index (κ2) is 3.16. The Labute approximate surface area is 63.7 Å². The number of hydrogen-bond donors (Lipinski definition) is 3. The molecule has 0 aliphatic rings. The van der Waals surface area contributed by atoms with Gasteiger partial charge in [-0.25, -0.2) is 9.78 Å². The molecule has 0 saturated carbocycles. The Hall–Kier alpha value is -1.36. The third kappa shape index (κ3) is 1.78. The van der Waals surface area contributed by atoms with E-state index in [1.54, 1.807) is 7.05 Å². The molecular formula is C6H10N4O. The molecule has 1 heterocycles. The van der Waals surface area contributed by atoms with Crippen molar-refractivity contribution in [2.24, 2.45) is 0 Å². The van der Waals surface area contributed by atoms with Crippen LogP contribution in [-0.4, -0.2) is 17.0 Å². The summed E-state index contributed by atoms with van der Waals surface area (Å²) in [7, 11) is 1.80. The van der Waals surface area contributed by atoms with Crippen LogP contribution in [0.4, 0.5) is 5.82 Å². The number of H-pyrrole nitrogens is 1. The van der Waals surface area contributed by atoms with E-state index in [4.69, 9.17) is 5.73 Å². The molecule has 0 fully saturated rings. The van der Waals surface area contributed by atoms with Gasteiger partial charge in [-0.2, -0.15) is 0 Å². The summed E-state index contributed by atoms with van der Waals surface area (Å²) in [6, 6.07) is 0. The van der Waals surface area contributed by atoms with E-state index in [1.165, 1.54) is 6.20 Å². The second-order valence-electron chi connectivity index (χ2n) is 2.16. The summed E-state index contributed by atoms with van der Waals surface area (Å²) in [4.78, 5) is 16.5. The maximum Gasteiger partial charge on any atom is 0.346 e. The van der Waals surface area contributed by atoms with Crippen LogP contribution < -0.4 is 16.7 Å². The van der Waals surface area contributed by atoms with Crippen molar-refractivity contribution in [1.82, 2.24) is 15.3 Å². The Morgan fingerprint density at radius 1 is 1.82 bits per heavy atom. The highest BCUT2D eigenvalue weighted by Gasteiger charge is 1.97. The number of nitrogens with one attached hydrogen (secondary N) is 2. The summed E-state index contributed by atoms with van der Waals surface area (Å²) in [5, 5.41) is 2.90. The van der Waals surface area contributed by atoms with E-state index in [0.29, 0.717) is 12.4 Å². The molecule has 0 unspecified atom stereocenters. The molecule has 0 atom stereocenters. The smallest absolute Gasteiger partial charge is 0.346 e. The molecule has 0 spiro atoms. The predicted octanol–water partition coefficient (Wildman–Crippen LogP) is -0.928. The first kappa shape index (κ1) is 7.74. The number of nitrogens with two attached hydrogens (primary N) is 1. The molecule has 0 saturated heterocycles. The number of aromatic nitrogens is 2. The lowest BCUT2D eigenvalue weighted by Gasteiger charge is -2.01. The van der Waals surface area contributed by atoms with Gasteiger partial charge in [-0.05, 0) is 7.05 Å². The largest absolute Gasteiger partial charge is 0.385 e. The molecule has 4 N–H and O–H groups in total. The van der Waals surface area contributed by atoms with Gasteiger partial charge in [-0.15, -0.1) is 0 Å². The predicted molar refractivity (Wildman–Crippen MR) is 42.0 cm³/mol. The molecule has 60 valence electrons. The molecule has 5 heteroatoms. The van der Waals surface area contributed by atoms with E-state index in [2.05, 4.69) is 15.3 Å². The molecule has 1 rings (SSSR count). The normalized spacial score (nSPS) is 9.91. The van der Waals surface area contributed by atoms with Gasteiger partial charge < -0.3 is 11.1 Å². The second-order valence-corrected chi connectivity index (χ2v) is 2.16. The van der Waals surface area contributed by atoms with Gasteiger partial charge in [0.25, 0.3) is 0 Å². The van der Waals surface area contributed by atoms with E-state index in [1.807, 2.05) is 0 Å². The van der Waals surface area contributed by atoms with Crippen LogP contribution in [0.5, 0.6) is 0 Å². The molecule has 1 aromatic heterocycles. The summed E-state index contributed by atoms with van der Waals surface area (Å²) in [6.45, 7) is 0.607. The van der Waals surface area contributed by atoms with Gasteiger partial charge in [0.2, 0.25) is 0 Å². The van der Waals surface area contributed by atoms with Crippen molar-refractivity contribution in [3.63, 3.8) is 0 Å². The first-order valence-corrected chi connectivity index (χ1v) is 3.22. The van der Waals surface area contributed by atoms with Crippen LogP contribution in [0.15, 0.2) is 11.0 Å². The summed E-state index contributed by atoms with van der Waals surface area (Å²) in [5.74, 6) is 0.374. The highest BCUT2D eigenvalue weighted by Crippen LogP contribution is 2.00. The SMILES string of the molecule is CNCc1cnc(=O)[nH]c1N. The molecule has 0 aliphatic carbocycles. The highest BCUT2D eigenvalue weighted by molar-refractivity contribution is 5.35. The lowest BCUT2D eigenvalue weighted by atomic mass is 10.3. The molecule has 0 aromatic carbocycles. The minimum atomic E-state index is -0.414. The molecule has 0 aliphatic heterocycles. The van der Waals surface area contributed by atoms with E-state index in [9.17, 15) is 4.79 Å². The third-order valence-corrected chi connectivity index (χ3v) is 1.29. The summed E-state index contributed by atoms with van der Waals surface area (Å²) in [6.07, 6.45) is 1.46. The Bertz CT molecular complexity index is 293. The van der Waals surface area contributed by atoms with Crippen LogP contribution in [0.25, 0.3) is 0 Å². The number of nitrogens with zero attached hydrogens (tertiary/aromatic N) is 1. The van der Waals surface area contributed by atoms with Gasteiger partial charge in [0.05, 0.1) is 0 Å². The molecule has 0 amide bonds. The Balaban J connectivity index is 2.99. The molecule has 1 aromatic rings. The standard InChI is InChI=1S/C6H10N4O/c1-8-2-4-3-9-6(11)10-5(4)7/h3,8H,2H2,1H3,(H3,7,9,10,11). The number of rotatable bonds is 2. The fraction of sp³-hybridized carbons (Fsp3) is 0.333. The van der Waals surface area contributed by atoms with Crippen molar-refractivity contribution in [3.8, 4) is 0 Å². The van der Waals surface area contributed by atoms with Crippen LogP contribution in [0.3, 0.4) is 0 Å². The zero-order valence-corrected chi connectivity index (χ0v) is 6.22. The average molecular weight is 154 g/mol. The average Bonchev–Trinajstić information content (AvgIpc) is 1.95. The van der Waals surface area contributed by atoms with E-state index >= 15 is 0 Å². The minimum Gasteiger partial charge on any atom is -0.385 e. The number of aromatic amines is 1. The Morgan fingerprint density at radius 3 is 3.09 bits per heavy atom. The van der Waals surface area contributed by atoms with Gasteiger partial charge in [0.1, 0.15) is 5.82 Å².